The maximum absolute atomic E-state index is 14.0. The van der Waals surface area contributed by atoms with Gasteiger partial charge in [-0.3, -0.25) is 9.59 Å². The minimum absolute atomic E-state index is 0.0129. The third-order valence-corrected chi connectivity index (χ3v) is 9.18. The van der Waals surface area contributed by atoms with Gasteiger partial charge in [-0.05, 0) is 69.4 Å². The number of morpholine rings is 1. The van der Waals surface area contributed by atoms with Gasteiger partial charge in [0.15, 0.2) is 5.60 Å². The molecule has 3 saturated heterocycles. The summed E-state index contributed by atoms with van der Waals surface area (Å²) in [6.07, 6.45) is 4.07. The summed E-state index contributed by atoms with van der Waals surface area (Å²) in [7, 11) is 0. The Kier molecular flexibility index (Phi) is 9.09. The van der Waals surface area contributed by atoms with E-state index in [1.807, 2.05) is 36.9 Å². The van der Waals surface area contributed by atoms with Gasteiger partial charge in [0.05, 0.1) is 19.1 Å². The van der Waals surface area contributed by atoms with E-state index in [0.717, 1.165) is 77.3 Å². The summed E-state index contributed by atoms with van der Waals surface area (Å²) in [5.41, 5.74) is 2.49. The van der Waals surface area contributed by atoms with Gasteiger partial charge < -0.3 is 34.4 Å². The van der Waals surface area contributed by atoms with Crippen molar-refractivity contribution in [2.24, 2.45) is 5.92 Å². The summed E-state index contributed by atoms with van der Waals surface area (Å²) in [5, 5.41) is 3.30. The molecule has 3 heterocycles. The molecule has 3 aliphatic heterocycles. The van der Waals surface area contributed by atoms with Crippen molar-refractivity contribution in [3.05, 3.63) is 54.1 Å². The van der Waals surface area contributed by atoms with Gasteiger partial charge >= 0.3 is 0 Å². The summed E-state index contributed by atoms with van der Waals surface area (Å²) in [5.74, 6) is 0.940. The lowest BCUT2D eigenvalue weighted by atomic mass is 9.95. The number of piperidine rings is 1. The van der Waals surface area contributed by atoms with E-state index in [4.69, 9.17) is 9.47 Å². The van der Waals surface area contributed by atoms with Gasteiger partial charge in [-0.25, -0.2) is 0 Å². The summed E-state index contributed by atoms with van der Waals surface area (Å²) < 4.78 is 11.8. The number of amides is 2. The molecule has 1 N–H and O–H groups in total. The molecule has 1 atom stereocenters. The minimum atomic E-state index is -0.957. The lowest BCUT2D eigenvalue weighted by molar-refractivity contribution is -0.146. The van der Waals surface area contributed by atoms with Crippen LogP contribution in [0.1, 0.15) is 45.1 Å². The number of nitrogens with zero attached hydrogens (tertiary/aromatic N) is 4. The van der Waals surface area contributed by atoms with Crippen molar-refractivity contribution < 1.29 is 19.1 Å². The highest BCUT2D eigenvalue weighted by Gasteiger charge is 2.38. The molecular formula is C34H47N5O4. The number of hydrogen-bond donors (Lipinski definition) is 1. The largest absolute Gasteiger partial charge is 0.478 e. The van der Waals surface area contributed by atoms with Crippen LogP contribution in [0.2, 0.25) is 0 Å². The van der Waals surface area contributed by atoms with Crippen molar-refractivity contribution in [2.45, 2.75) is 57.7 Å². The zero-order valence-corrected chi connectivity index (χ0v) is 25.8. The average molecular weight is 590 g/mol. The fourth-order valence-electron chi connectivity index (χ4n) is 6.58. The quantitative estimate of drug-likeness (QED) is 0.480. The molecule has 4 aliphatic rings. The molecule has 6 rings (SSSR count). The van der Waals surface area contributed by atoms with Gasteiger partial charge in [-0.15, -0.1) is 0 Å². The van der Waals surface area contributed by atoms with Crippen molar-refractivity contribution in [1.82, 2.24) is 15.1 Å². The Hall–Kier alpha value is -3.30. The number of hydrogen-bond acceptors (Lipinski definition) is 7. The molecule has 1 aliphatic carbocycles. The molecule has 2 aromatic carbocycles. The Morgan fingerprint density at radius 1 is 0.930 bits per heavy atom. The molecule has 43 heavy (non-hydrogen) atoms. The van der Waals surface area contributed by atoms with E-state index >= 15 is 0 Å². The topological polar surface area (TPSA) is 77.6 Å². The monoisotopic (exact) mass is 589 g/mol. The third kappa shape index (κ3) is 7.27. The first-order chi connectivity index (χ1) is 20.9. The Balaban J connectivity index is 1.09. The van der Waals surface area contributed by atoms with E-state index in [1.165, 1.54) is 11.3 Å². The Morgan fingerprint density at radius 3 is 2.40 bits per heavy atom. The van der Waals surface area contributed by atoms with Crippen molar-refractivity contribution >= 4 is 23.2 Å². The number of nitrogens with one attached hydrogen (secondary N) is 1. The molecule has 2 amide bonds. The van der Waals surface area contributed by atoms with Gasteiger partial charge in [-0.1, -0.05) is 18.2 Å². The first-order valence-electron chi connectivity index (χ1n) is 16.1. The van der Waals surface area contributed by atoms with Crippen LogP contribution >= 0.6 is 0 Å². The SMILES string of the molecule is CC(C)(Oc1cccc(N2CCCC(C(=O)N(Cc3ccc(N4CCOCC4)cc3)C3CC3)C2)c1)C(=O)N1CCNCC1. The number of ether oxygens (including phenoxy) is 2. The van der Waals surface area contributed by atoms with Crippen LogP contribution in [0.4, 0.5) is 11.4 Å². The number of piperazine rings is 1. The Bertz CT molecular complexity index is 1250. The fourth-order valence-corrected chi connectivity index (χ4v) is 6.58. The zero-order chi connectivity index (χ0) is 29.8. The molecule has 9 heteroatoms. The predicted octanol–water partition coefficient (Wildman–Crippen LogP) is 3.52. The molecule has 1 unspecified atom stereocenters. The van der Waals surface area contributed by atoms with Gasteiger partial charge in [0.25, 0.3) is 5.91 Å². The average Bonchev–Trinajstić information content (AvgIpc) is 3.90. The predicted molar refractivity (Wildman–Crippen MR) is 169 cm³/mol. The number of anilines is 2. The van der Waals surface area contributed by atoms with Gasteiger partial charge in [-0.2, -0.15) is 0 Å². The van der Waals surface area contributed by atoms with Crippen LogP contribution in [0.5, 0.6) is 5.75 Å². The summed E-state index contributed by atoms with van der Waals surface area (Å²) in [6.45, 7) is 12.4. The standard InChI is InChI=1S/C34H47N5O4/c1-34(2,33(41)37-17-14-35-15-18-37)43-31-7-3-6-30(23-31)38-16-4-5-27(25-38)32(40)39(29-12-13-29)24-26-8-10-28(11-9-26)36-19-21-42-22-20-36/h3,6-11,23,27,29,35H,4-5,12-22,24-25H2,1-2H3. The maximum Gasteiger partial charge on any atom is 0.266 e. The third-order valence-electron chi connectivity index (χ3n) is 9.18. The molecular weight excluding hydrogens is 542 g/mol. The van der Waals surface area contributed by atoms with Crippen LogP contribution in [-0.4, -0.2) is 98.8 Å². The van der Waals surface area contributed by atoms with Crippen LogP contribution in [0.25, 0.3) is 0 Å². The molecule has 4 fully saturated rings. The normalized spacial score (nSPS) is 21.4. The second kappa shape index (κ2) is 13.1. The number of benzene rings is 2. The second-order valence-corrected chi connectivity index (χ2v) is 12.9. The van der Waals surface area contributed by atoms with E-state index in [2.05, 4.69) is 50.3 Å². The molecule has 0 radical (unpaired) electrons. The van der Waals surface area contributed by atoms with E-state index in [0.29, 0.717) is 38.0 Å². The van der Waals surface area contributed by atoms with E-state index < -0.39 is 5.60 Å². The summed E-state index contributed by atoms with van der Waals surface area (Å²) >= 11 is 0. The molecule has 0 spiro atoms. The molecule has 1 saturated carbocycles. The van der Waals surface area contributed by atoms with Crippen molar-refractivity contribution in [1.29, 1.82) is 0 Å². The zero-order valence-electron chi connectivity index (χ0n) is 25.8. The molecule has 9 nitrogen and oxygen atoms in total. The van der Waals surface area contributed by atoms with Crippen LogP contribution in [0.3, 0.4) is 0 Å². The van der Waals surface area contributed by atoms with Crippen LogP contribution in [0.15, 0.2) is 48.5 Å². The molecule has 0 bridgehead atoms. The smallest absolute Gasteiger partial charge is 0.266 e. The van der Waals surface area contributed by atoms with Crippen LogP contribution < -0.4 is 19.9 Å². The molecule has 2 aromatic rings. The first kappa shape index (κ1) is 29.8. The lowest BCUT2D eigenvalue weighted by Crippen LogP contribution is -2.54. The van der Waals surface area contributed by atoms with Crippen molar-refractivity contribution in [3.8, 4) is 5.75 Å². The summed E-state index contributed by atoms with van der Waals surface area (Å²) in [4.78, 5) is 35.8. The van der Waals surface area contributed by atoms with Gasteiger partial charge in [0.1, 0.15) is 5.75 Å². The van der Waals surface area contributed by atoms with Gasteiger partial charge in [0, 0.05) is 82.4 Å². The molecule has 232 valence electrons. The number of carbonyl (C=O) groups excluding carboxylic acids is 2. The van der Waals surface area contributed by atoms with Gasteiger partial charge in [0.2, 0.25) is 5.91 Å². The lowest BCUT2D eigenvalue weighted by Gasteiger charge is -2.37. The number of rotatable bonds is 9. The highest BCUT2D eigenvalue weighted by molar-refractivity contribution is 5.85. The van der Waals surface area contributed by atoms with E-state index in [1.54, 1.807) is 0 Å². The van der Waals surface area contributed by atoms with Crippen molar-refractivity contribution in [2.75, 3.05) is 75.4 Å². The Labute approximate surface area is 256 Å². The minimum Gasteiger partial charge on any atom is -0.478 e. The molecule has 0 aromatic heterocycles. The van der Waals surface area contributed by atoms with Crippen LogP contribution in [0, 0.1) is 5.92 Å². The first-order valence-corrected chi connectivity index (χ1v) is 16.1. The highest BCUT2D eigenvalue weighted by Crippen LogP contribution is 2.34. The second-order valence-electron chi connectivity index (χ2n) is 12.9. The number of carbonyl (C=O) groups is 2. The van der Waals surface area contributed by atoms with Crippen molar-refractivity contribution in [3.63, 3.8) is 0 Å². The van der Waals surface area contributed by atoms with E-state index in [9.17, 15) is 9.59 Å². The summed E-state index contributed by atoms with van der Waals surface area (Å²) in [6, 6.07) is 17.1. The fraction of sp³-hybridized carbons (Fsp3) is 0.588. The Morgan fingerprint density at radius 2 is 1.67 bits per heavy atom. The maximum atomic E-state index is 14.0. The van der Waals surface area contributed by atoms with E-state index in [-0.39, 0.29) is 17.7 Å². The van der Waals surface area contributed by atoms with Crippen LogP contribution in [-0.2, 0) is 20.9 Å². The highest BCUT2D eigenvalue weighted by atomic mass is 16.5.